The monoisotopic (exact) mass is 295 g/mol. The molecule has 0 atom stereocenters. The Bertz CT molecular complexity index is 705. The van der Waals surface area contributed by atoms with E-state index < -0.39 is 10.0 Å². The minimum atomic E-state index is -3.80. The van der Waals surface area contributed by atoms with Crippen molar-refractivity contribution in [3.05, 3.63) is 47.7 Å². The highest BCUT2D eigenvalue weighted by molar-refractivity contribution is 7.89. The number of para-hydroxylation sites is 1. The van der Waals surface area contributed by atoms with Gasteiger partial charge in [0.25, 0.3) is 10.0 Å². The van der Waals surface area contributed by atoms with E-state index >= 15 is 0 Å². The summed E-state index contributed by atoms with van der Waals surface area (Å²) in [4.78, 5) is 10.5. The first-order valence-electron chi connectivity index (χ1n) is 5.73. The normalized spacial score (nSPS) is 11.2. The second kappa shape index (κ2) is 5.89. The molecule has 106 valence electrons. The van der Waals surface area contributed by atoms with E-state index in [0.29, 0.717) is 17.6 Å². The molecule has 1 heterocycles. The third-order valence-electron chi connectivity index (χ3n) is 2.63. The lowest BCUT2D eigenvalue weighted by Crippen LogP contribution is -2.23. The molecule has 6 nitrogen and oxygen atoms in total. The maximum atomic E-state index is 12.0. The van der Waals surface area contributed by atoms with Crippen LogP contribution in [0.3, 0.4) is 0 Å². The molecule has 0 bridgehead atoms. The van der Waals surface area contributed by atoms with Gasteiger partial charge in [0.2, 0.25) is 5.09 Å². The van der Waals surface area contributed by atoms with Gasteiger partial charge in [0.15, 0.2) is 12.0 Å². The van der Waals surface area contributed by atoms with Crippen LogP contribution in [0.25, 0.3) is 0 Å². The van der Waals surface area contributed by atoms with Gasteiger partial charge >= 0.3 is 0 Å². The molecular formula is C13H13NO5S. The highest BCUT2D eigenvalue weighted by Crippen LogP contribution is 2.18. The van der Waals surface area contributed by atoms with Gasteiger partial charge in [-0.05, 0) is 18.2 Å². The van der Waals surface area contributed by atoms with Crippen LogP contribution in [0.5, 0.6) is 5.75 Å². The number of aldehydes is 1. The fraction of sp³-hybridized carbons (Fsp3) is 0.154. The van der Waals surface area contributed by atoms with Crippen LogP contribution >= 0.6 is 0 Å². The number of benzene rings is 1. The van der Waals surface area contributed by atoms with Gasteiger partial charge in [0.05, 0.1) is 7.11 Å². The lowest BCUT2D eigenvalue weighted by Gasteiger charge is -2.08. The van der Waals surface area contributed by atoms with Gasteiger partial charge < -0.3 is 9.15 Å². The van der Waals surface area contributed by atoms with E-state index in [0.717, 1.165) is 0 Å². The molecule has 0 aliphatic carbocycles. The average Bonchev–Trinajstić information content (AvgIpc) is 2.95. The minimum Gasteiger partial charge on any atom is -0.496 e. The Morgan fingerprint density at radius 2 is 2.00 bits per heavy atom. The molecule has 7 heteroatoms. The third kappa shape index (κ3) is 3.06. The quantitative estimate of drug-likeness (QED) is 0.818. The number of ether oxygens (including phenoxy) is 1. The fourth-order valence-corrected chi connectivity index (χ4v) is 2.58. The molecule has 20 heavy (non-hydrogen) atoms. The van der Waals surface area contributed by atoms with Crippen LogP contribution < -0.4 is 9.46 Å². The van der Waals surface area contributed by atoms with E-state index in [-0.39, 0.29) is 17.4 Å². The summed E-state index contributed by atoms with van der Waals surface area (Å²) in [5.74, 6) is 0.547. The summed E-state index contributed by atoms with van der Waals surface area (Å²) in [7, 11) is -2.29. The van der Waals surface area contributed by atoms with E-state index in [1.54, 1.807) is 24.3 Å². The van der Waals surface area contributed by atoms with E-state index in [1.165, 1.54) is 19.2 Å². The highest BCUT2D eigenvalue weighted by atomic mass is 32.2. The summed E-state index contributed by atoms with van der Waals surface area (Å²) in [6.45, 7) is 0.0590. The molecule has 0 unspecified atom stereocenters. The molecule has 0 saturated heterocycles. The zero-order chi connectivity index (χ0) is 14.6. The minimum absolute atomic E-state index is 0.0392. The zero-order valence-corrected chi connectivity index (χ0v) is 11.5. The zero-order valence-electron chi connectivity index (χ0n) is 10.7. The van der Waals surface area contributed by atoms with Gasteiger partial charge in [0, 0.05) is 12.1 Å². The van der Waals surface area contributed by atoms with Crippen molar-refractivity contribution in [3.8, 4) is 5.75 Å². The van der Waals surface area contributed by atoms with Crippen molar-refractivity contribution < 1.29 is 22.4 Å². The first-order chi connectivity index (χ1) is 9.56. The molecule has 0 aliphatic rings. The van der Waals surface area contributed by atoms with Crippen LogP contribution in [0.15, 0.2) is 45.9 Å². The molecule has 1 N–H and O–H groups in total. The molecular weight excluding hydrogens is 282 g/mol. The Morgan fingerprint density at radius 1 is 1.25 bits per heavy atom. The maximum absolute atomic E-state index is 12.0. The summed E-state index contributed by atoms with van der Waals surface area (Å²) in [5.41, 5.74) is 0.695. The molecule has 2 rings (SSSR count). The van der Waals surface area contributed by atoms with Gasteiger partial charge in [-0.1, -0.05) is 18.2 Å². The number of nitrogens with one attached hydrogen (secondary N) is 1. The van der Waals surface area contributed by atoms with Crippen LogP contribution in [0.1, 0.15) is 16.1 Å². The van der Waals surface area contributed by atoms with Crippen molar-refractivity contribution in [2.75, 3.05) is 7.11 Å². The Kier molecular flexibility index (Phi) is 4.21. The molecule has 2 aromatic rings. The Labute approximate surface area is 116 Å². The van der Waals surface area contributed by atoms with Crippen LogP contribution in [-0.4, -0.2) is 21.8 Å². The fourth-order valence-electron chi connectivity index (χ4n) is 1.64. The molecule has 0 saturated carbocycles. The number of rotatable bonds is 6. The SMILES string of the molecule is COc1ccccc1CNS(=O)(=O)c1ccc(C=O)o1. The first kappa shape index (κ1) is 14.3. The lowest BCUT2D eigenvalue weighted by atomic mass is 10.2. The average molecular weight is 295 g/mol. The number of carbonyl (C=O) groups excluding carboxylic acids is 1. The van der Waals surface area contributed by atoms with Crippen molar-refractivity contribution in [1.29, 1.82) is 0 Å². The standard InChI is InChI=1S/C13H13NO5S/c1-18-12-5-3-2-4-10(12)8-14-20(16,17)13-7-6-11(9-15)19-13/h2-7,9,14H,8H2,1H3. The van der Waals surface area contributed by atoms with Crippen LogP contribution in [0.2, 0.25) is 0 Å². The number of hydrogen-bond donors (Lipinski definition) is 1. The van der Waals surface area contributed by atoms with Crippen molar-refractivity contribution >= 4 is 16.3 Å². The summed E-state index contributed by atoms with van der Waals surface area (Å²) < 4.78 is 36.4. The van der Waals surface area contributed by atoms with Crippen LogP contribution in [-0.2, 0) is 16.6 Å². The second-order valence-electron chi connectivity index (χ2n) is 3.91. The molecule has 1 aromatic heterocycles. The van der Waals surface area contributed by atoms with Gasteiger partial charge in [-0.2, -0.15) is 0 Å². The van der Waals surface area contributed by atoms with Gasteiger partial charge in [-0.25, -0.2) is 13.1 Å². The molecule has 0 radical (unpaired) electrons. The van der Waals surface area contributed by atoms with Gasteiger partial charge in [-0.15, -0.1) is 0 Å². The van der Waals surface area contributed by atoms with Gasteiger partial charge in [0.1, 0.15) is 5.75 Å². The molecule has 1 aromatic carbocycles. The predicted octanol–water partition coefficient (Wildman–Crippen LogP) is 1.58. The van der Waals surface area contributed by atoms with Crippen molar-refractivity contribution in [3.63, 3.8) is 0 Å². The Balaban J connectivity index is 2.15. The number of hydrogen-bond acceptors (Lipinski definition) is 5. The number of methoxy groups -OCH3 is 1. The topological polar surface area (TPSA) is 85.6 Å². The Morgan fingerprint density at radius 3 is 2.65 bits per heavy atom. The van der Waals surface area contributed by atoms with Gasteiger partial charge in [-0.3, -0.25) is 4.79 Å². The van der Waals surface area contributed by atoms with E-state index in [2.05, 4.69) is 4.72 Å². The van der Waals surface area contributed by atoms with E-state index in [1.807, 2.05) is 0 Å². The van der Waals surface area contributed by atoms with Crippen LogP contribution in [0, 0.1) is 0 Å². The summed E-state index contributed by atoms with van der Waals surface area (Å²) in [6, 6.07) is 9.59. The molecule has 0 fully saturated rings. The summed E-state index contributed by atoms with van der Waals surface area (Å²) in [6.07, 6.45) is 0.444. The van der Waals surface area contributed by atoms with Crippen molar-refractivity contribution in [2.24, 2.45) is 0 Å². The van der Waals surface area contributed by atoms with Crippen LogP contribution in [0.4, 0.5) is 0 Å². The number of carbonyl (C=O) groups is 1. The van der Waals surface area contributed by atoms with E-state index in [9.17, 15) is 13.2 Å². The Hall–Kier alpha value is -2.12. The van der Waals surface area contributed by atoms with Crippen molar-refractivity contribution in [1.82, 2.24) is 4.72 Å². The molecule has 0 aliphatic heterocycles. The second-order valence-corrected chi connectivity index (χ2v) is 5.61. The lowest BCUT2D eigenvalue weighted by molar-refractivity contribution is 0.109. The molecule has 0 spiro atoms. The molecule has 0 amide bonds. The van der Waals surface area contributed by atoms with E-state index in [4.69, 9.17) is 9.15 Å². The highest BCUT2D eigenvalue weighted by Gasteiger charge is 2.19. The summed E-state index contributed by atoms with van der Waals surface area (Å²) in [5, 5.41) is -0.297. The number of furan rings is 1. The van der Waals surface area contributed by atoms with Crippen molar-refractivity contribution in [2.45, 2.75) is 11.6 Å². The first-order valence-corrected chi connectivity index (χ1v) is 7.21. The largest absolute Gasteiger partial charge is 0.496 e. The number of sulfonamides is 1. The predicted molar refractivity (Wildman–Crippen MR) is 71.1 cm³/mol. The smallest absolute Gasteiger partial charge is 0.274 e. The maximum Gasteiger partial charge on any atom is 0.274 e. The summed E-state index contributed by atoms with van der Waals surface area (Å²) >= 11 is 0. The third-order valence-corrected chi connectivity index (χ3v) is 3.90.